The Morgan fingerprint density at radius 3 is 1.46 bits per heavy atom. The topological polar surface area (TPSA) is 120 Å². The van der Waals surface area contributed by atoms with E-state index in [0.29, 0.717) is 23.0 Å². The van der Waals surface area contributed by atoms with Crippen LogP contribution < -0.4 is 11.5 Å². The zero-order valence-corrected chi connectivity index (χ0v) is 7.32. The fourth-order valence-electron chi connectivity index (χ4n) is 0.369. The number of primary amides is 2. The molecule has 4 N–H and O–H groups in total. The van der Waals surface area contributed by atoms with Crippen LogP contribution in [0, 0.1) is 0 Å². The molecule has 0 saturated heterocycles. The van der Waals surface area contributed by atoms with Crippen molar-refractivity contribution in [3.05, 3.63) is 23.0 Å². The van der Waals surface area contributed by atoms with E-state index in [1.165, 1.54) is 0 Å². The summed E-state index contributed by atoms with van der Waals surface area (Å²) in [6.45, 7) is 0. The molecule has 13 heavy (non-hydrogen) atoms. The van der Waals surface area contributed by atoms with Crippen molar-refractivity contribution in [2.24, 2.45) is 11.5 Å². The number of amides is 2. The maximum atomic E-state index is 10.9. The molecule has 7 heteroatoms. The lowest BCUT2D eigenvalue weighted by molar-refractivity contribution is -0.114. The van der Waals surface area contributed by atoms with Crippen molar-refractivity contribution < 1.29 is 18.0 Å². The molecule has 0 aromatic rings. The quantitative estimate of drug-likeness (QED) is 0.535. The first-order valence-corrected chi connectivity index (χ1v) is 4.64. The van der Waals surface area contributed by atoms with E-state index in [2.05, 4.69) is 11.5 Å². The van der Waals surface area contributed by atoms with Gasteiger partial charge >= 0.3 is 0 Å². The van der Waals surface area contributed by atoms with Crippen LogP contribution in [-0.4, -0.2) is 20.2 Å². The van der Waals surface area contributed by atoms with Gasteiger partial charge in [-0.2, -0.15) is 0 Å². The van der Waals surface area contributed by atoms with Crippen LogP contribution in [0.25, 0.3) is 0 Å². The zero-order valence-electron chi connectivity index (χ0n) is 6.51. The lowest BCUT2D eigenvalue weighted by Gasteiger charge is -1.86. The van der Waals surface area contributed by atoms with E-state index in [0.717, 1.165) is 0 Å². The molecule has 0 unspecified atom stereocenters. The Bertz CT molecular complexity index is 336. The molecular formula is C6H8N2O4S. The molecule has 0 aromatic carbocycles. The van der Waals surface area contributed by atoms with Crippen molar-refractivity contribution in [3.8, 4) is 0 Å². The average molecular weight is 204 g/mol. The van der Waals surface area contributed by atoms with Gasteiger partial charge in [0.1, 0.15) is 0 Å². The molecule has 0 aliphatic rings. The highest BCUT2D eigenvalue weighted by molar-refractivity contribution is 7.97. The van der Waals surface area contributed by atoms with E-state index >= 15 is 0 Å². The van der Waals surface area contributed by atoms with Crippen molar-refractivity contribution in [2.45, 2.75) is 0 Å². The van der Waals surface area contributed by atoms with E-state index in [-0.39, 0.29) is 0 Å². The second-order valence-electron chi connectivity index (χ2n) is 2.00. The van der Waals surface area contributed by atoms with Crippen molar-refractivity contribution in [2.75, 3.05) is 0 Å². The Hall–Kier alpha value is -1.63. The Balaban J connectivity index is 4.62. The first-order chi connectivity index (χ1) is 5.83. The van der Waals surface area contributed by atoms with Crippen LogP contribution in [-0.2, 0) is 19.4 Å². The smallest absolute Gasteiger partial charge is 0.242 e. The number of hydrogen-bond donors (Lipinski definition) is 2. The highest BCUT2D eigenvalue weighted by Gasteiger charge is 2.00. The van der Waals surface area contributed by atoms with Crippen LogP contribution >= 0.6 is 0 Å². The van der Waals surface area contributed by atoms with Crippen molar-refractivity contribution in [1.29, 1.82) is 0 Å². The van der Waals surface area contributed by atoms with Gasteiger partial charge in [0.2, 0.25) is 11.8 Å². The Morgan fingerprint density at radius 1 is 0.923 bits per heavy atom. The van der Waals surface area contributed by atoms with Gasteiger partial charge in [-0.25, -0.2) is 8.42 Å². The fraction of sp³-hybridized carbons (Fsp3) is 0. The molecule has 2 amide bonds. The first-order valence-electron chi connectivity index (χ1n) is 3.03. The third-order valence-electron chi connectivity index (χ3n) is 0.844. The van der Waals surface area contributed by atoms with Crippen LogP contribution in [0.4, 0.5) is 0 Å². The summed E-state index contributed by atoms with van der Waals surface area (Å²) in [5, 5.41) is 1.16. The third-order valence-corrected chi connectivity index (χ3v) is 1.87. The van der Waals surface area contributed by atoms with Crippen molar-refractivity contribution in [3.63, 3.8) is 0 Å². The summed E-state index contributed by atoms with van der Waals surface area (Å²) in [7, 11) is -3.73. The Morgan fingerprint density at radius 2 is 1.23 bits per heavy atom. The van der Waals surface area contributed by atoms with E-state index in [1.807, 2.05) is 0 Å². The number of rotatable bonds is 4. The molecule has 0 saturated carbocycles. The second kappa shape index (κ2) is 4.41. The molecule has 0 aliphatic heterocycles. The summed E-state index contributed by atoms with van der Waals surface area (Å²) >= 11 is 0. The summed E-state index contributed by atoms with van der Waals surface area (Å²) < 4.78 is 21.7. The number of hydrogen-bond acceptors (Lipinski definition) is 4. The molecule has 0 fully saturated rings. The third kappa shape index (κ3) is 6.76. The van der Waals surface area contributed by atoms with E-state index in [1.54, 1.807) is 0 Å². The minimum Gasteiger partial charge on any atom is -0.366 e. The van der Waals surface area contributed by atoms with Gasteiger partial charge in [0.05, 0.1) is 0 Å². The fourth-order valence-corrected chi connectivity index (χ4v) is 1.11. The SMILES string of the molecule is NC(=O)C=CS(=O)(=O)C=CC(N)=O. The summed E-state index contributed by atoms with van der Waals surface area (Å²) in [5.74, 6) is -1.79. The maximum Gasteiger partial charge on any atom is 0.242 e. The van der Waals surface area contributed by atoms with Gasteiger partial charge in [-0.15, -0.1) is 0 Å². The highest BCUT2D eigenvalue weighted by Crippen LogP contribution is 1.93. The monoisotopic (exact) mass is 204 g/mol. The van der Waals surface area contributed by atoms with Crippen LogP contribution in [0.2, 0.25) is 0 Å². The maximum absolute atomic E-state index is 10.9. The molecule has 0 heterocycles. The molecule has 6 nitrogen and oxygen atoms in total. The van der Waals surface area contributed by atoms with Gasteiger partial charge in [0.15, 0.2) is 9.84 Å². The van der Waals surface area contributed by atoms with Gasteiger partial charge in [0.25, 0.3) is 0 Å². The van der Waals surface area contributed by atoms with Crippen LogP contribution in [0.1, 0.15) is 0 Å². The largest absolute Gasteiger partial charge is 0.366 e. The predicted octanol–water partition coefficient (Wildman–Crippen LogP) is -1.60. The molecule has 0 aliphatic carbocycles. The molecule has 0 bridgehead atoms. The number of carbonyl (C=O) groups is 2. The van der Waals surface area contributed by atoms with Crippen LogP contribution in [0.5, 0.6) is 0 Å². The van der Waals surface area contributed by atoms with Gasteiger partial charge in [-0.3, -0.25) is 9.59 Å². The second-order valence-corrected chi connectivity index (χ2v) is 3.72. The normalized spacial score (nSPS) is 12.3. The molecule has 0 atom stereocenters. The van der Waals surface area contributed by atoms with Gasteiger partial charge in [-0.05, 0) is 0 Å². The standard InChI is InChI=1S/C6H8N2O4S/c7-5(9)1-3-13(11,12)4-2-6(8)10/h1-4H,(H2,7,9)(H2,8,10). The van der Waals surface area contributed by atoms with Gasteiger partial charge in [0, 0.05) is 23.0 Å². The molecular weight excluding hydrogens is 196 g/mol. The van der Waals surface area contributed by atoms with Gasteiger partial charge in [-0.1, -0.05) is 0 Å². The highest BCUT2D eigenvalue weighted by atomic mass is 32.2. The minimum atomic E-state index is -3.73. The first kappa shape index (κ1) is 11.4. The Labute approximate surface area is 74.8 Å². The summed E-state index contributed by atoms with van der Waals surface area (Å²) in [6, 6.07) is 0. The summed E-state index contributed by atoms with van der Waals surface area (Å²) in [6.07, 6.45) is 1.33. The number of nitrogens with two attached hydrogens (primary N) is 2. The summed E-state index contributed by atoms with van der Waals surface area (Å²) in [4.78, 5) is 20.3. The molecule has 72 valence electrons. The molecule has 0 radical (unpaired) electrons. The van der Waals surface area contributed by atoms with E-state index in [9.17, 15) is 18.0 Å². The lowest BCUT2D eigenvalue weighted by Crippen LogP contribution is -2.08. The van der Waals surface area contributed by atoms with E-state index in [4.69, 9.17) is 0 Å². The van der Waals surface area contributed by atoms with E-state index < -0.39 is 21.7 Å². The van der Waals surface area contributed by atoms with Crippen LogP contribution in [0.15, 0.2) is 23.0 Å². The van der Waals surface area contributed by atoms with Gasteiger partial charge < -0.3 is 11.5 Å². The summed E-state index contributed by atoms with van der Waals surface area (Å²) in [5.41, 5.74) is 9.30. The minimum absolute atomic E-state index is 0.578. The molecule has 0 aromatic heterocycles. The van der Waals surface area contributed by atoms with Crippen molar-refractivity contribution >= 4 is 21.7 Å². The zero-order chi connectivity index (χ0) is 10.5. The van der Waals surface area contributed by atoms with Crippen molar-refractivity contribution in [1.82, 2.24) is 0 Å². The lowest BCUT2D eigenvalue weighted by atomic mass is 10.6. The molecule has 0 spiro atoms. The predicted molar refractivity (Wildman–Crippen MR) is 45.6 cm³/mol. The average Bonchev–Trinajstić information content (AvgIpc) is 1.98. The molecule has 0 rings (SSSR count). The number of carbonyl (C=O) groups excluding carboxylic acids is 2. The van der Waals surface area contributed by atoms with Crippen LogP contribution in [0.3, 0.4) is 0 Å². The number of sulfone groups is 1. The Kier molecular flexibility index (Phi) is 3.86.